The molecule has 0 spiro atoms. The lowest BCUT2D eigenvalue weighted by molar-refractivity contribution is -0.129. The lowest BCUT2D eigenvalue weighted by Gasteiger charge is -2.27. The van der Waals surface area contributed by atoms with Gasteiger partial charge in [0.15, 0.2) is 0 Å². The number of carbonyl (C=O) groups is 1. The summed E-state index contributed by atoms with van der Waals surface area (Å²) < 4.78 is 0. The number of unbranched alkanes of at least 4 members (excludes halogenated alkanes) is 2. The average Bonchev–Trinajstić information content (AvgIpc) is 2.53. The molecule has 0 unspecified atom stereocenters. The Morgan fingerprint density at radius 1 is 0.909 bits per heavy atom. The Morgan fingerprint density at radius 3 is 2.00 bits per heavy atom. The number of nitrogens with zero attached hydrogens (tertiary/aromatic N) is 2. The molecule has 1 amide bonds. The molecule has 0 heterocycles. The average molecular weight is 304 g/mol. The van der Waals surface area contributed by atoms with Crippen LogP contribution in [0.5, 0.6) is 0 Å². The number of hydrogen-bond donors (Lipinski definition) is 0. The fourth-order valence-electron chi connectivity index (χ4n) is 2.51. The molecule has 3 nitrogen and oxygen atoms in total. The van der Waals surface area contributed by atoms with E-state index in [-0.39, 0.29) is 5.91 Å². The molecule has 0 saturated carbocycles. The first kappa shape index (κ1) is 18.7. The zero-order valence-corrected chi connectivity index (χ0v) is 14.6. The van der Waals surface area contributed by atoms with E-state index in [1.165, 1.54) is 31.2 Å². The highest BCUT2D eigenvalue weighted by Crippen LogP contribution is 2.06. The second-order valence-corrected chi connectivity index (χ2v) is 5.97. The highest BCUT2D eigenvalue weighted by molar-refractivity contribution is 5.73. The maximum atomic E-state index is 11.9. The predicted molar refractivity (Wildman–Crippen MR) is 93.8 cm³/mol. The van der Waals surface area contributed by atoms with Crippen molar-refractivity contribution in [2.75, 3.05) is 26.2 Å². The molecular weight excluding hydrogens is 272 g/mol. The van der Waals surface area contributed by atoms with Crippen molar-refractivity contribution in [1.29, 1.82) is 0 Å². The summed E-state index contributed by atoms with van der Waals surface area (Å²) in [6.07, 6.45) is 4.93. The molecule has 0 aliphatic rings. The van der Waals surface area contributed by atoms with Crippen LogP contribution in [0.3, 0.4) is 0 Å². The van der Waals surface area contributed by atoms with Crippen molar-refractivity contribution in [3.63, 3.8) is 0 Å². The normalized spacial score (nSPS) is 10.9. The van der Waals surface area contributed by atoms with Crippen LogP contribution in [0, 0.1) is 0 Å². The quantitative estimate of drug-likeness (QED) is 0.618. The molecule has 0 bridgehead atoms. The molecule has 0 radical (unpaired) electrons. The molecule has 3 heteroatoms. The topological polar surface area (TPSA) is 23.6 Å². The Kier molecular flexibility index (Phi) is 9.56. The summed E-state index contributed by atoms with van der Waals surface area (Å²) in [5.41, 5.74) is 1.20. The van der Waals surface area contributed by atoms with Crippen molar-refractivity contribution < 1.29 is 4.79 Å². The van der Waals surface area contributed by atoms with Gasteiger partial charge >= 0.3 is 0 Å². The molecule has 0 atom stereocenters. The molecule has 22 heavy (non-hydrogen) atoms. The minimum absolute atomic E-state index is 0.162. The van der Waals surface area contributed by atoms with Gasteiger partial charge in [-0.1, -0.05) is 57.0 Å². The molecule has 0 aromatic heterocycles. The summed E-state index contributed by atoms with van der Waals surface area (Å²) in [5, 5.41) is 0. The van der Waals surface area contributed by atoms with Gasteiger partial charge in [-0.2, -0.15) is 0 Å². The first-order chi connectivity index (χ1) is 10.7. The van der Waals surface area contributed by atoms with Gasteiger partial charge in [0, 0.05) is 26.6 Å². The third kappa shape index (κ3) is 7.60. The van der Waals surface area contributed by atoms with Crippen LogP contribution in [-0.4, -0.2) is 41.9 Å². The van der Waals surface area contributed by atoms with E-state index < -0.39 is 0 Å². The molecule has 0 fully saturated rings. The molecule has 0 N–H and O–H groups in total. The SMILES string of the molecule is CCCCN(CCCC)CCN(Cc1ccccc1)C(C)=O. The first-order valence-electron chi connectivity index (χ1n) is 8.69. The Balaban J connectivity index is 2.51. The van der Waals surface area contributed by atoms with E-state index in [1.807, 2.05) is 23.1 Å². The van der Waals surface area contributed by atoms with Crippen LogP contribution >= 0.6 is 0 Å². The van der Waals surface area contributed by atoms with Crippen LogP contribution < -0.4 is 0 Å². The number of rotatable bonds is 11. The van der Waals surface area contributed by atoms with Crippen LogP contribution in [0.1, 0.15) is 52.0 Å². The van der Waals surface area contributed by atoms with Gasteiger partial charge in [-0.3, -0.25) is 4.79 Å². The lowest BCUT2D eigenvalue weighted by Crippen LogP contribution is -2.38. The third-order valence-electron chi connectivity index (χ3n) is 4.00. The smallest absolute Gasteiger partial charge is 0.219 e. The van der Waals surface area contributed by atoms with Gasteiger partial charge in [0.05, 0.1) is 0 Å². The van der Waals surface area contributed by atoms with Crippen LogP contribution in [-0.2, 0) is 11.3 Å². The predicted octanol–water partition coefficient (Wildman–Crippen LogP) is 3.94. The van der Waals surface area contributed by atoms with E-state index in [2.05, 4.69) is 30.9 Å². The fourth-order valence-corrected chi connectivity index (χ4v) is 2.51. The van der Waals surface area contributed by atoms with E-state index in [0.29, 0.717) is 6.54 Å². The van der Waals surface area contributed by atoms with Crippen molar-refractivity contribution >= 4 is 5.91 Å². The standard InChI is InChI=1S/C19H32N2O/c1-4-6-13-20(14-7-5-2)15-16-21(18(3)22)17-19-11-9-8-10-12-19/h8-12H,4-7,13-17H2,1-3H3. The molecule has 0 aliphatic heterocycles. The largest absolute Gasteiger partial charge is 0.337 e. The number of benzene rings is 1. The van der Waals surface area contributed by atoms with Gasteiger partial charge in [0.1, 0.15) is 0 Å². The van der Waals surface area contributed by atoms with Crippen LogP contribution in [0.25, 0.3) is 0 Å². The molecular formula is C19H32N2O. The maximum Gasteiger partial charge on any atom is 0.219 e. The molecule has 0 aliphatic carbocycles. The minimum atomic E-state index is 0.162. The Bertz CT molecular complexity index is 397. The fraction of sp³-hybridized carbons (Fsp3) is 0.632. The maximum absolute atomic E-state index is 11.9. The summed E-state index contributed by atoms with van der Waals surface area (Å²) in [6, 6.07) is 10.2. The first-order valence-corrected chi connectivity index (χ1v) is 8.69. The molecule has 0 saturated heterocycles. The second-order valence-electron chi connectivity index (χ2n) is 5.97. The highest BCUT2D eigenvalue weighted by Gasteiger charge is 2.12. The van der Waals surface area contributed by atoms with Crippen molar-refractivity contribution in [3.8, 4) is 0 Å². The monoisotopic (exact) mass is 304 g/mol. The van der Waals surface area contributed by atoms with E-state index in [1.54, 1.807) is 6.92 Å². The van der Waals surface area contributed by atoms with Crippen molar-refractivity contribution in [2.45, 2.75) is 53.0 Å². The Morgan fingerprint density at radius 2 is 1.50 bits per heavy atom. The van der Waals surface area contributed by atoms with Crippen molar-refractivity contribution in [3.05, 3.63) is 35.9 Å². The number of hydrogen-bond acceptors (Lipinski definition) is 2. The molecule has 1 aromatic rings. The zero-order valence-electron chi connectivity index (χ0n) is 14.6. The van der Waals surface area contributed by atoms with E-state index in [0.717, 1.165) is 26.2 Å². The Hall–Kier alpha value is -1.35. The number of amides is 1. The van der Waals surface area contributed by atoms with Crippen LogP contribution in [0.15, 0.2) is 30.3 Å². The van der Waals surface area contributed by atoms with Crippen molar-refractivity contribution in [2.24, 2.45) is 0 Å². The molecule has 124 valence electrons. The lowest BCUT2D eigenvalue weighted by atomic mass is 10.2. The van der Waals surface area contributed by atoms with Gasteiger partial charge in [0.2, 0.25) is 5.91 Å². The van der Waals surface area contributed by atoms with Gasteiger partial charge in [-0.05, 0) is 31.5 Å². The zero-order chi connectivity index (χ0) is 16.2. The third-order valence-corrected chi connectivity index (χ3v) is 4.00. The summed E-state index contributed by atoms with van der Waals surface area (Å²) in [6.45, 7) is 10.9. The molecule has 1 aromatic carbocycles. The van der Waals surface area contributed by atoms with E-state index in [4.69, 9.17) is 0 Å². The summed E-state index contributed by atoms with van der Waals surface area (Å²) in [4.78, 5) is 16.4. The van der Waals surface area contributed by atoms with Crippen LogP contribution in [0.4, 0.5) is 0 Å². The van der Waals surface area contributed by atoms with Crippen LogP contribution in [0.2, 0.25) is 0 Å². The summed E-state index contributed by atoms with van der Waals surface area (Å²) in [7, 11) is 0. The Labute approximate surface area is 136 Å². The number of carbonyl (C=O) groups excluding carboxylic acids is 1. The van der Waals surface area contributed by atoms with Gasteiger partial charge in [-0.15, -0.1) is 0 Å². The minimum Gasteiger partial charge on any atom is -0.337 e. The van der Waals surface area contributed by atoms with Gasteiger partial charge < -0.3 is 9.80 Å². The second kappa shape index (κ2) is 11.2. The summed E-state index contributed by atoms with van der Waals surface area (Å²) >= 11 is 0. The van der Waals surface area contributed by atoms with Gasteiger partial charge in [-0.25, -0.2) is 0 Å². The van der Waals surface area contributed by atoms with Crippen molar-refractivity contribution in [1.82, 2.24) is 9.80 Å². The summed E-state index contributed by atoms with van der Waals surface area (Å²) in [5.74, 6) is 0.162. The molecule has 1 rings (SSSR count). The van der Waals surface area contributed by atoms with Gasteiger partial charge in [0.25, 0.3) is 0 Å². The van der Waals surface area contributed by atoms with E-state index in [9.17, 15) is 4.79 Å². The highest BCUT2D eigenvalue weighted by atomic mass is 16.2. The van der Waals surface area contributed by atoms with E-state index >= 15 is 0 Å².